The third-order valence-corrected chi connectivity index (χ3v) is 5.46. The molecule has 5 nitrogen and oxygen atoms in total. The first-order valence-electron chi connectivity index (χ1n) is 10.2. The molecule has 0 spiro atoms. The van der Waals surface area contributed by atoms with Gasteiger partial charge in [-0.1, -0.05) is 72.3 Å². The minimum absolute atomic E-state index is 0.0900. The van der Waals surface area contributed by atoms with Crippen molar-refractivity contribution >= 4 is 23.3 Å². The first-order valence-corrected chi connectivity index (χ1v) is 10.2. The van der Waals surface area contributed by atoms with Crippen molar-refractivity contribution in [2.75, 3.05) is 18.1 Å². The summed E-state index contributed by atoms with van der Waals surface area (Å²) in [4.78, 5) is 38.8. The molecule has 1 aliphatic heterocycles. The number of ether oxygens (including phenoxy) is 1. The Morgan fingerprint density at radius 1 is 0.903 bits per heavy atom. The van der Waals surface area contributed by atoms with Gasteiger partial charge < -0.3 is 9.64 Å². The minimum atomic E-state index is -0.568. The zero-order valence-electron chi connectivity index (χ0n) is 17.3. The van der Waals surface area contributed by atoms with Gasteiger partial charge in [0.2, 0.25) is 5.91 Å². The number of benzene rings is 3. The topological polar surface area (TPSA) is 63.7 Å². The van der Waals surface area contributed by atoms with E-state index in [1.807, 2.05) is 73.7 Å². The van der Waals surface area contributed by atoms with Crippen LogP contribution in [-0.4, -0.2) is 30.8 Å². The minimum Gasteiger partial charge on any atom is -0.457 e. The van der Waals surface area contributed by atoms with E-state index in [0.717, 1.165) is 22.4 Å². The van der Waals surface area contributed by atoms with Gasteiger partial charge in [0.25, 0.3) is 0 Å². The highest BCUT2D eigenvalue weighted by molar-refractivity contribution is 6.01. The number of hydrogen-bond acceptors (Lipinski definition) is 4. The second kappa shape index (κ2) is 8.96. The van der Waals surface area contributed by atoms with Crippen LogP contribution in [0, 0.1) is 12.8 Å². The molecule has 4 rings (SSSR count). The summed E-state index contributed by atoms with van der Waals surface area (Å²) in [7, 11) is 0. The van der Waals surface area contributed by atoms with Gasteiger partial charge in [0.1, 0.15) is 0 Å². The molecule has 3 aromatic carbocycles. The first kappa shape index (κ1) is 20.5. The van der Waals surface area contributed by atoms with E-state index in [2.05, 4.69) is 0 Å². The molecule has 1 amide bonds. The van der Waals surface area contributed by atoms with Crippen LogP contribution in [0.2, 0.25) is 0 Å². The summed E-state index contributed by atoms with van der Waals surface area (Å²) in [6, 6.07) is 24.7. The maximum absolute atomic E-state index is 12.4. The van der Waals surface area contributed by atoms with Gasteiger partial charge in [-0.05, 0) is 30.2 Å². The van der Waals surface area contributed by atoms with Crippen molar-refractivity contribution in [3.63, 3.8) is 0 Å². The van der Waals surface area contributed by atoms with Crippen molar-refractivity contribution in [2.24, 2.45) is 5.92 Å². The van der Waals surface area contributed by atoms with Crippen LogP contribution in [0.3, 0.4) is 0 Å². The van der Waals surface area contributed by atoms with Crippen molar-refractivity contribution in [3.8, 4) is 11.1 Å². The van der Waals surface area contributed by atoms with Gasteiger partial charge in [0, 0.05) is 24.2 Å². The summed E-state index contributed by atoms with van der Waals surface area (Å²) in [6.45, 7) is 1.90. The number of nitrogens with zero attached hydrogens (tertiary/aromatic N) is 1. The first-order chi connectivity index (χ1) is 15.0. The molecule has 0 N–H and O–H groups in total. The van der Waals surface area contributed by atoms with Gasteiger partial charge in [0.15, 0.2) is 12.4 Å². The fourth-order valence-corrected chi connectivity index (χ4v) is 3.66. The largest absolute Gasteiger partial charge is 0.457 e. The van der Waals surface area contributed by atoms with Crippen LogP contribution in [-0.2, 0) is 14.3 Å². The molecule has 0 saturated carbocycles. The monoisotopic (exact) mass is 413 g/mol. The lowest BCUT2D eigenvalue weighted by atomic mass is 10.0. The van der Waals surface area contributed by atoms with Crippen LogP contribution < -0.4 is 4.90 Å². The van der Waals surface area contributed by atoms with Gasteiger partial charge in [-0.2, -0.15) is 0 Å². The molecule has 1 unspecified atom stereocenters. The maximum atomic E-state index is 12.4. The average Bonchev–Trinajstić information content (AvgIpc) is 3.20. The lowest BCUT2D eigenvalue weighted by Crippen LogP contribution is -2.27. The van der Waals surface area contributed by atoms with E-state index in [-0.39, 0.29) is 31.3 Å². The molecule has 5 heteroatoms. The summed E-state index contributed by atoms with van der Waals surface area (Å²) >= 11 is 0. The maximum Gasteiger partial charge on any atom is 0.311 e. The van der Waals surface area contributed by atoms with E-state index in [1.165, 1.54) is 0 Å². The smallest absolute Gasteiger partial charge is 0.311 e. The van der Waals surface area contributed by atoms with Crippen molar-refractivity contribution in [3.05, 3.63) is 90.0 Å². The molecule has 0 aromatic heterocycles. The Hall–Kier alpha value is -3.73. The molecule has 1 saturated heterocycles. The Labute approximate surface area is 181 Å². The van der Waals surface area contributed by atoms with E-state index < -0.39 is 11.9 Å². The predicted molar refractivity (Wildman–Crippen MR) is 119 cm³/mol. The van der Waals surface area contributed by atoms with E-state index in [0.29, 0.717) is 5.56 Å². The van der Waals surface area contributed by atoms with Crippen LogP contribution in [0.25, 0.3) is 11.1 Å². The molecule has 3 aromatic rings. The highest BCUT2D eigenvalue weighted by Crippen LogP contribution is 2.26. The van der Waals surface area contributed by atoms with Crippen LogP contribution in [0.4, 0.5) is 5.69 Å². The predicted octanol–water partition coefficient (Wildman–Crippen LogP) is 4.44. The molecule has 0 aliphatic carbocycles. The Morgan fingerprint density at radius 2 is 1.55 bits per heavy atom. The number of ketones is 1. The average molecular weight is 413 g/mol. The van der Waals surface area contributed by atoms with Gasteiger partial charge in [0.05, 0.1) is 5.92 Å². The number of carbonyl (C=O) groups excluding carboxylic acids is 3. The molecule has 0 bridgehead atoms. The number of amides is 1. The number of hydrogen-bond donors (Lipinski definition) is 0. The Kier molecular flexibility index (Phi) is 5.94. The summed E-state index contributed by atoms with van der Waals surface area (Å²) in [6.07, 6.45) is 0.0900. The lowest BCUT2D eigenvalue weighted by molar-refractivity contribution is -0.147. The number of rotatable bonds is 6. The second-order valence-corrected chi connectivity index (χ2v) is 7.72. The van der Waals surface area contributed by atoms with Gasteiger partial charge >= 0.3 is 5.97 Å². The number of esters is 1. The molecule has 1 fully saturated rings. The molecule has 1 aliphatic rings. The quantitative estimate of drug-likeness (QED) is 0.443. The van der Waals surface area contributed by atoms with Crippen LogP contribution in [0.15, 0.2) is 78.9 Å². The van der Waals surface area contributed by atoms with Crippen molar-refractivity contribution in [1.29, 1.82) is 0 Å². The lowest BCUT2D eigenvalue weighted by Gasteiger charge is -2.16. The highest BCUT2D eigenvalue weighted by atomic mass is 16.5. The molecular weight excluding hydrogens is 390 g/mol. The molecule has 1 heterocycles. The molecule has 0 radical (unpaired) electrons. The Bertz CT molecular complexity index is 1090. The SMILES string of the molecule is Cc1ccc(N2CC(C(=O)OCC(=O)c3ccc(-c4ccccc4)cc3)CC2=O)cc1. The van der Waals surface area contributed by atoms with E-state index in [4.69, 9.17) is 4.74 Å². The standard InChI is InChI=1S/C26H23NO4/c1-18-7-13-23(14-8-18)27-16-22(15-25(27)29)26(30)31-17-24(28)21-11-9-20(10-12-21)19-5-3-2-4-6-19/h2-14,22H,15-17H2,1H3. The summed E-state index contributed by atoms with van der Waals surface area (Å²) in [5.41, 5.74) is 4.42. The third kappa shape index (κ3) is 4.72. The fraction of sp³-hybridized carbons (Fsp3) is 0.192. The van der Waals surface area contributed by atoms with Crippen LogP contribution in [0.5, 0.6) is 0 Å². The number of carbonyl (C=O) groups is 3. The fourth-order valence-electron chi connectivity index (χ4n) is 3.66. The summed E-state index contributed by atoms with van der Waals surface area (Å²) in [5, 5.41) is 0. The second-order valence-electron chi connectivity index (χ2n) is 7.72. The Balaban J connectivity index is 1.33. The number of anilines is 1. The Morgan fingerprint density at radius 3 is 2.23 bits per heavy atom. The van der Waals surface area contributed by atoms with Gasteiger partial charge in [-0.15, -0.1) is 0 Å². The van der Waals surface area contributed by atoms with Crippen LogP contribution >= 0.6 is 0 Å². The summed E-state index contributed by atoms with van der Waals surface area (Å²) < 4.78 is 5.24. The molecule has 156 valence electrons. The number of Topliss-reactive ketones (excluding diaryl/α,β-unsaturated/α-hetero) is 1. The van der Waals surface area contributed by atoms with Gasteiger partial charge in [-0.25, -0.2) is 0 Å². The van der Waals surface area contributed by atoms with Crippen LogP contribution in [0.1, 0.15) is 22.3 Å². The third-order valence-electron chi connectivity index (χ3n) is 5.46. The molecule has 31 heavy (non-hydrogen) atoms. The van der Waals surface area contributed by atoms with Crippen molar-refractivity contribution in [1.82, 2.24) is 0 Å². The normalized spacial score (nSPS) is 15.7. The van der Waals surface area contributed by atoms with E-state index >= 15 is 0 Å². The summed E-state index contributed by atoms with van der Waals surface area (Å²) in [5.74, 6) is -1.47. The van der Waals surface area contributed by atoms with Crippen molar-refractivity contribution in [2.45, 2.75) is 13.3 Å². The molecule has 1 atom stereocenters. The zero-order valence-corrected chi connectivity index (χ0v) is 17.3. The van der Waals surface area contributed by atoms with E-state index in [9.17, 15) is 14.4 Å². The van der Waals surface area contributed by atoms with Gasteiger partial charge in [-0.3, -0.25) is 14.4 Å². The number of aryl methyl sites for hydroxylation is 1. The van der Waals surface area contributed by atoms with E-state index in [1.54, 1.807) is 17.0 Å². The highest BCUT2D eigenvalue weighted by Gasteiger charge is 2.36. The molecular formula is C26H23NO4. The zero-order chi connectivity index (χ0) is 21.8. The van der Waals surface area contributed by atoms with Crippen molar-refractivity contribution < 1.29 is 19.1 Å².